The van der Waals surface area contributed by atoms with Crippen molar-refractivity contribution in [3.8, 4) is 0 Å². The molecule has 0 unspecified atom stereocenters. The minimum atomic E-state index is -0.257. The summed E-state index contributed by atoms with van der Waals surface area (Å²) in [6, 6.07) is 17.6. The average molecular weight is 368 g/mol. The Morgan fingerprint density at radius 3 is 2.69 bits per heavy atom. The average Bonchev–Trinajstić information content (AvgIpc) is 3.05. The summed E-state index contributed by atoms with van der Waals surface area (Å²) in [6.07, 6.45) is 2.34. The van der Waals surface area contributed by atoms with Crippen molar-refractivity contribution in [3.63, 3.8) is 0 Å². The van der Waals surface area contributed by atoms with Gasteiger partial charge in [0.25, 0.3) is 6.01 Å². The minimum absolute atomic E-state index is 0.176. The highest BCUT2D eigenvalue weighted by Gasteiger charge is 2.17. The molecule has 0 bridgehead atoms. The summed E-state index contributed by atoms with van der Waals surface area (Å²) in [7, 11) is 0. The van der Waals surface area contributed by atoms with Crippen molar-refractivity contribution in [2.45, 2.75) is 12.5 Å². The van der Waals surface area contributed by atoms with Crippen LogP contribution in [0.1, 0.15) is 17.3 Å². The lowest BCUT2D eigenvalue weighted by molar-refractivity contribution is 0.591. The first-order valence-corrected chi connectivity index (χ1v) is 8.53. The number of hydrogen-bond donors (Lipinski definition) is 1. The Balaban J connectivity index is 1.64. The van der Waals surface area contributed by atoms with E-state index in [9.17, 15) is 4.39 Å². The molecule has 4 nitrogen and oxygen atoms in total. The molecule has 0 aliphatic rings. The van der Waals surface area contributed by atoms with Gasteiger partial charge in [0, 0.05) is 11.2 Å². The predicted octanol–water partition coefficient (Wildman–Crippen LogP) is 5.41. The van der Waals surface area contributed by atoms with Crippen LogP contribution in [0.2, 0.25) is 5.02 Å². The maximum Gasteiger partial charge on any atom is 0.296 e. The number of fused-ring (bicyclic) bond motifs is 1. The van der Waals surface area contributed by atoms with Gasteiger partial charge in [-0.2, -0.15) is 4.98 Å². The molecular formula is C20H15ClFN3O. The van der Waals surface area contributed by atoms with E-state index in [0.717, 1.165) is 11.3 Å². The van der Waals surface area contributed by atoms with Crippen molar-refractivity contribution in [2.24, 2.45) is 0 Å². The van der Waals surface area contributed by atoms with Crippen molar-refractivity contribution in [2.75, 3.05) is 5.32 Å². The van der Waals surface area contributed by atoms with Gasteiger partial charge >= 0.3 is 0 Å². The Labute approximate surface area is 154 Å². The number of anilines is 1. The third-order valence-electron chi connectivity index (χ3n) is 4.05. The van der Waals surface area contributed by atoms with Crippen LogP contribution >= 0.6 is 11.6 Å². The minimum Gasteiger partial charge on any atom is -0.424 e. The summed E-state index contributed by atoms with van der Waals surface area (Å²) in [5.41, 5.74) is 3.16. The molecule has 2 aromatic carbocycles. The zero-order valence-corrected chi connectivity index (χ0v) is 14.4. The molecule has 6 heteroatoms. The van der Waals surface area contributed by atoms with E-state index in [-0.39, 0.29) is 11.9 Å². The van der Waals surface area contributed by atoms with E-state index in [0.29, 0.717) is 28.6 Å². The number of nitrogens with one attached hydrogen (secondary N) is 1. The number of oxazole rings is 1. The van der Waals surface area contributed by atoms with E-state index < -0.39 is 0 Å². The highest BCUT2D eigenvalue weighted by molar-refractivity contribution is 6.31. The number of aromatic nitrogens is 2. The largest absolute Gasteiger partial charge is 0.424 e. The van der Waals surface area contributed by atoms with Crippen LogP contribution in [-0.2, 0) is 6.42 Å². The van der Waals surface area contributed by atoms with Crippen LogP contribution in [0.25, 0.3) is 11.1 Å². The van der Waals surface area contributed by atoms with Gasteiger partial charge in [0.1, 0.15) is 11.3 Å². The third kappa shape index (κ3) is 3.68. The number of benzene rings is 2. The fourth-order valence-corrected chi connectivity index (χ4v) is 2.95. The van der Waals surface area contributed by atoms with Crippen LogP contribution in [0.5, 0.6) is 0 Å². The second-order valence-corrected chi connectivity index (χ2v) is 6.35. The molecule has 0 amide bonds. The normalized spacial score (nSPS) is 12.2. The van der Waals surface area contributed by atoms with Crippen LogP contribution in [0.4, 0.5) is 10.4 Å². The second kappa shape index (κ2) is 7.14. The summed E-state index contributed by atoms with van der Waals surface area (Å²) in [5.74, 6) is -0.257. The molecule has 1 atom stereocenters. The Bertz CT molecular complexity index is 1020. The van der Waals surface area contributed by atoms with Gasteiger partial charge in [-0.25, -0.2) is 4.39 Å². The molecule has 0 fully saturated rings. The molecule has 130 valence electrons. The standard InChI is InChI=1S/C20H15ClFN3O/c21-14-6-9-19-18(12-14)25-20(26-19)24-17(16-3-1-2-10-23-16)11-13-4-7-15(22)8-5-13/h1-10,12,17H,11H2,(H,24,25)/t17-/m0/s1. The Hall–Kier alpha value is -2.92. The fraction of sp³-hybridized carbons (Fsp3) is 0.100. The van der Waals surface area contributed by atoms with Gasteiger partial charge in [0.15, 0.2) is 5.58 Å². The number of pyridine rings is 1. The van der Waals surface area contributed by atoms with E-state index in [4.69, 9.17) is 16.0 Å². The van der Waals surface area contributed by atoms with Crippen molar-refractivity contribution >= 4 is 28.7 Å². The molecule has 4 rings (SSSR count). The topological polar surface area (TPSA) is 51.0 Å². The van der Waals surface area contributed by atoms with Crippen LogP contribution in [0.3, 0.4) is 0 Å². The molecule has 2 heterocycles. The second-order valence-electron chi connectivity index (χ2n) is 5.91. The van der Waals surface area contributed by atoms with E-state index in [2.05, 4.69) is 15.3 Å². The SMILES string of the molecule is Fc1ccc(C[C@H](Nc2nc3cc(Cl)ccc3o2)c2ccccn2)cc1. The third-order valence-corrected chi connectivity index (χ3v) is 4.28. The Morgan fingerprint density at radius 1 is 1.08 bits per heavy atom. The highest BCUT2D eigenvalue weighted by atomic mass is 35.5. The molecule has 0 radical (unpaired) electrons. The summed E-state index contributed by atoms with van der Waals surface area (Å²) < 4.78 is 18.9. The first-order chi connectivity index (χ1) is 12.7. The number of nitrogens with zero attached hydrogens (tertiary/aromatic N) is 2. The molecule has 0 aliphatic heterocycles. The number of halogens is 2. The van der Waals surface area contributed by atoms with Gasteiger partial charge in [-0.3, -0.25) is 4.98 Å². The number of rotatable bonds is 5. The summed E-state index contributed by atoms with van der Waals surface area (Å²) in [6.45, 7) is 0. The van der Waals surface area contributed by atoms with E-state index >= 15 is 0 Å². The molecule has 0 spiro atoms. The van der Waals surface area contributed by atoms with Crippen LogP contribution < -0.4 is 5.32 Å². The zero-order chi connectivity index (χ0) is 17.9. The summed E-state index contributed by atoms with van der Waals surface area (Å²) in [5, 5.41) is 3.89. The van der Waals surface area contributed by atoms with Gasteiger partial charge < -0.3 is 9.73 Å². The number of hydrogen-bond acceptors (Lipinski definition) is 4. The van der Waals surface area contributed by atoms with Crippen LogP contribution in [0.15, 0.2) is 71.3 Å². The van der Waals surface area contributed by atoms with Crippen molar-refractivity contribution < 1.29 is 8.81 Å². The summed E-state index contributed by atoms with van der Waals surface area (Å²) in [4.78, 5) is 8.87. The van der Waals surface area contributed by atoms with Crippen molar-refractivity contribution in [1.82, 2.24) is 9.97 Å². The first-order valence-electron chi connectivity index (χ1n) is 8.15. The predicted molar refractivity (Wildman–Crippen MR) is 99.7 cm³/mol. The van der Waals surface area contributed by atoms with Gasteiger partial charge in [-0.05, 0) is 54.4 Å². The quantitative estimate of drug-likeness (QED) is 0.512. The molecule has 4 aromatic rings. The zero-order valence-electron chi connectivity index (χ0n) is 13.7. The molecule has 0 aliphatic carbocycles. The molecule has 1 N–H and O–H groups in total. The first kappa shape index (κ1) is 16.5. The van der Waals surface area contributed by atoms with E-state index in [1.807, 2.05) is 18.2 Å². The smallest absolute Gasteiger partial charge is 0.296 e. The lowest BCUT2D eigenvalue weighted by Crippen LogP contribution is -2.15. The van der Waals surface area contributed by atoms with Crippen LogP contribution in [0, 0.1) is 5.82 Å². The van der Waals surface area contributed by atoms with Gasteiger partial charge in [0.05, 0.1) is 11.7 Å². The summed E-state index contributed by atoms with van der Waals surface area (Å²) >= 11 is 6.01. The molecule has 0 saturated heterocycles. The van der Waals surface area contributed by atoms with Gasteiger partial charge in [-0.15, -0.1) is 0 Å². The van der Waals surface area contributed by atoms with E-state index in [1.54, 1.807) is 36.5 Å². The van der Waals surface area contributed by atoms with Gasteiger partial charge in [0.2, 0.25) is 0 Å². The highest BCUT2D eigenvalue weighted by Crippen LogP contribution is 2.26. The van der Waals surface area contributed by atoms with Crippen molar-refractivity contribution in [1.29, 1.82) is 0 Å². The van der Waals surface area contributed by atoms with Gasteiger partial charge in [-0.1, -0.05) is 29.8 Å². The fourth-order valence-electron chi connectivity index (χ4n) is 2.78. The lowest BCUT2D eigenvalue weighted by atomic mass is 10.0. The van der Waals surface area contributed by atoms with E-state index in [1.165, 1.54) is 12.1 Å². The molecule has 0 saturated carbocycles. The lowest BCUT2D eigenvalue weighted by Gasteiger charge is -2.17. The maximum absolute atomic E-state index is 13.2. The Kier molecular flexibility index (Phi) is 4.54. The maximum atomic E-state index is 13.2. The van der Waals surface area contributed by atoms with Crippen molar-refractivity contribution in [3.05, 3.63) is 89.0 Å². The molecular weight excluding hydrogens is 353 g/mol. The monoisotopic (exact) mass is 367 g/mol. The molecule has 26 heavy (non-hydrogen) atoms. The Morgan fingerprint density at radius 2 is 1.92 bits per heavy atom. The van der Waals surface area contributed by atoms with Crippen LogP contribution in [-0.4, -0.2) is 9.97 Å². The molecule has 2 aromatic heterocycles.